The number of nitrogens with one attached hydrogen (secondary N) is 2. The van der Waals surface area contributed by atoms with Crippen LogP contribution in [0, 0.1) is 13.8 Å². The maximum Gasteiger partial charge on any atom is 0.411 e. The van der Waals surface area contributed by atoms with Gasteiger partial charge in [0.25, 0.3) is 0 Å². The molecule has 0 radical (unpaired) electrons. The van der Waals surface area contributed by atoms with Crippen molar-refractivity contribution in [3.05, 3.63) is 58.5 Å². The van der Waals surface area contributed by atoms with Crippen LogP contribution in [0.3, 0.4) is 0 Å². The van der Waals surface area contributed by atoms with E-state index in [9.17, 15) is 4.79 Å². The molecule has 0 aliphatic rings. The van der Waals surface area contributed by atoms with Gasteiger partial charge in [-0.05, 0) is 49.4 Å². The normalized spacial score (nSPS) is 10.9. The molecule has 0 saturated heterocycles. The number of pyridine rings is 1. The minimum atomic E-state index is -0.446. The average Bonchev–Trinajstić information content (AvgIpc) is 2.96. The maximum absolute atomic E-state index is 12.0. The number of ether oxygens (including phenoxy) is 1. The van der Waals surface area contributed by atoms with Gasteiger partial charge < -0.3 is 10.1 Å². The van der Waals surface area contributed by atoms with E-state index < -0.39 is 6.09 Å². The highest BCUT2D eigenvalue weighted by atomic mass is 35.5. The minimum Gasteiger partial charge on any atom is -0.448 e. The molecule has 0 unspecified atom stereocenters. The standard InChI is InChI=1S/C20H23ClN4O2S/c1-13-6-4-7-16(24-20(26)27-10-11-28-3)15(13)12-22-17-8-5-9-25-18(21)14(2)23-19(17)25/h4-9,22H,10-12H2,1-3H3,(H,24,26). The molecular formula is C20H23ClN4O2S. The third-order valence-corrected chi connectivity index (χ3v) is 5.40. The molecule has 0 atom stereocenters. The van der Waals surface area contributed by atoms with Gasteiger partial charge in [-0.25, -0.2) is 9.78 Å². The molecule has 2 aromatic heterocycles. The van der Waals surface area contributed by atoms with Crippen molar-refractivity contribution in [3.63, 3.8) is 0 Å². The van der Waals surface area contributed by atoms with Crippen LogP contribution in [0.2, 0.25) is 5.15 Å². The Balaban J connectivity index is 1.78. The Hall–Kier alpha value is -2.38. The highest BCUT2D eigenvalue weighted by Crippen LogP contribution is 2.25. The van der Waals surface area contributed by atoms with Crippen LogP contribution >= 0.6 is 23.4 Å². The van der Waals surface area contributed by atoms with Crippen molar-refractivity contribution in [2.75, 3.05) is 29.2 Å². The molecule has 0 bridgehead atoms. The number of aryl methyl sites for hydroxylation is 2. The van der Waals surface area contributed by atoms with Crippen molar-refractivity contribution in [2.45, 2.75) is 20.4 Å². The fourth-order valence-corrected chi connectivity index (χ4v) is 3.32. The number of fused-ring (bicyclic) bond motifs is 1. The van der Waals surface area contributed by atoms with Crippen LogP contribution in [0.4, 0.5) is 16.2 Å². The Labute approximate surface area is 173 Å². The number of rotatable bonds is 7. The Kier molecular flexibility index (Phi) is 6.70. The van der Waals surface area contributed by atoms with Crippen LogP contribution in [0.1, 0.15) is 16.8 Å². The smallest absolute Gasteiger partial charge is 0.411 e. The number of nitrogens with zero attached hydrogens (tertiary/aromatic N) is 2. The molecule has 0 fully saturated rings. The first-order valence-corrected chi connectivity index (χ1v) is 10.7. The van der Waals surface area contributed by atoms with Gasteiger partial charge >= 0.3 is 6.09 Å². The molecular weight excluding hydrogens is 396 g/mol. The average molecular weight is 419 g/mol. The molecule has 8 heteroatoms. The number of imidazole rings is 1. The zero-order valence-electron chi connectivity index (χ0n) is 16.1. The van der Waals surface area contributed by atoms with Crippen molar-refractivity contribution in [1.82, 2.24) is 9.38 Å². The number of hydrogen-bond acceptors (Lipinski definition) is 5. The van der Waals surface area contributed by atoms with Crippen LogP contribution in [-0.4, -0.2) is 34.1 Å². The lowest BCUT2D eigenvalue weighted by molar-refractivity contribution is 0.169. The summed E-state index contributed by atoms with van der Waals surface area (Å²) in [4.78, 5) is 16.6. The van der Waals surface area contributed by atoms with E-state index in [0.717, 1.165) is 39.6 Å². The Morgan fingerprint density at radius 3 is 2.82 bits per heavy atom. The fraction of sp³-hybridized carbons (Fsp3) is 0.300. The van der Waals surface area contributed by atoms with Gasteiger partial charge in [-0.1, -0.05) is 23.7 Å². The summed E-state index contributed by atoms with van der Waals surface area (Å²) in [6.07, 6.45) is 3.41. The Morgan fingerprint density at radius 2 is 2.04 bits per heavy atom. The van der Waals surface area contributed by atoms with Gasteiger partial charge in [0.15, 0.2) is 5.65 Å². The van der Waals surface area contributed by atoms with E-state index in [1.165, 1.54) is 0 Å². The first-order chi connectivity index (χ1) is 13.5. The highest BCUT2D eigenvalue weighted by molar-refractivity contribution is 7.98. The summed E-state index contributed by atoms with van der Waals surface area (Å²) in [5, 5.41) is 6.86. The number of aromatic nitrogens is 2. The SMILES string of the molecule is CSCCOC(=O)Nc1cccc(C)c1CNc1cccn2c(Cl)c(C)nc12. The second-order valence-corrected chi connectivity index (χ2v) is 7.66. The monoisotopic (exact) mass is 418 g/mol. The summed E-state index contributed by atoms with van der Waals surface area (Å²) in [5.74, 6) is 0.770. The Bertz CT molecular complexity index is 990. The van der Waals surface area contributed by atoms with E-state index in [4.69, 9.17) is 16.3 Å². The number of halogens is 1. The lowest BCUT2D eigenvalue weighted by Gasteiger charge is -2.15. The zero-order chi connectivity index (χ0) is 20.1. The zero-order valence-corrected chi connectivity index (χ0v) is 17.7. The topological polar surface area (TPSA) is 67.7 Å². The van der Waals surface area contributed by atoms with Gasteiger partial charge in [-0.2, -0.15) is 11.8 Å². The third-order valence-electron chi connectivity index (χ3n) is 4.37. The molecule has 3 aromatic rings. The van der Waals surface area contributed by atoms with E-state index in [1.807, 2.05) is 61.0 Å². The van der Waals surface area contributed by atoms with Gasteiger partial charge in [0.05, 0.1) is 11.4 Å². The molecule has 3 rings (SSSR count). The fourth-order valence-electron chi connectivity index (χ4n) is 2.89. The maximum atomic E-state index is 12.0. The quantitative estimate of drug-likeness (QED) is 0.520. The molecule has 0 aliphatic heterocycles. The molecule has 2 N–H and O–H groups in total. The van der Waals surface area contributed by atoms with Gasteiger partial charge in [0.1, 0.15) is 11.8 Å². The largest absolute Gasteiger partial charge is 0.448 e. The lowest BCUT2D eigenvalue weighted by Crippen LogP contribution is -2.17. The van der Waals surface area contributed by atoms with Crippen molar-refractivity contribution in [2.24, 2.45) is 0 Å². The molecule has 1 amide bonds. The molecule has 0 aliphatic carbocycles. The number of anilines is 2. The molecule has 1 aromatic carbocycles. The summed E-state index contributed by atoms with van der Waals surface area (Å²) >= 11 is 7.93. The third kappa shape index (κ3) is 4.54. The highest BCUT2D eigenvalue weighted by Gasteiger charge is 2.13. The van der Waals surface area contributed by atoms with E-state index in [2.05, 4.69) is 15.6 Å². The molecule has 0 saturated carbocycles. The predicted octanol–water partition coefficient (Wildman–Crippen LogP) is 5.13. The molecule has 148 valence electrons. The lowest BCUT2D eigenvalue weighted by atomic mass is 10.1. The number of amides is 1. The van der Waals surface area contributed by atoms with Crippen molar-refractivity contribution in [3.8, 4) is 0 Å². The number of hydrogen-bond donors (Lipinski definition) is 2. The minimum absolute atomic E-state index is 0.383. The number of thioether (sulfide) groups is 1. The van der Waals surface area contributed by atoms with Crippen LogP contribution in [0.25, 0.3) is 5.65 Å². The van der Waals surface area contributed by atoms with E-state index in [-0.39, 0.29) is 0 Å². The number of carbonyl (C=O) groups is 1. The molecule has 2 heterocycles. The van der Waals surface area contributed by atoms with Crippen molar-refractivity contribution in [1.29, 1.82) is 0 Å². The van der Waals surface area contributed by atoms with Crippen LogP contribution in [0.15, 0.2) is 36.5 Å². The molecule has 0 spiro atoms. The number of carbonyl (C=O) groups excluding carboxylic acids is 1. The summed E-state index contributed by atoms with van der Waals surface area (Å²) in [6.45, 7) is 4.80. The summed E-state index contributed by atoms with van der Waals surface area (Å²) in [7, 11) is 0. The van der Waals surface area contributed by atoms with Gasteiger partial charge in [0.2, 0.25) is 0 Å². The van der Waals surface area contributed by atoms with E-state index in [1.54, 1.807) is 11.8 Å². The second kappa shape index (κ2) is 9.21. The van der Waals surface area contributed by atoms with Crippen LogP contribution in [0.5, 0.6) is 0 Å². The van der Waals surface area contributed by atoms with Crippen molar-refractivity contribution < 1.29 is 9.53 Å². The molecule has 6 nitrogen and oxygen atoms in total. The van der Waals surface area contributed by atoms with Crippen molar-refractivity contribution >= 4 is 46.5 Å². The summed E-state index contributed by atoms with van der Waals surface area (Å²) in [6, 6.07) is 9.67. The predicted molar refractivity (Wildman–Crippen MR) is 117 cm³/mol. The summed E-state index contributed by atoms with van der Waals surface area (Å²) in [5.41, 5.74) is 5.20. The Morgan fingerprint density at radius 1 is 1.25 bits per heavy atom. The first-order valence-electron chi connectivity index (χ1n) is 8.89. The molecule has 28 heavy (non-hydrogen) atoms. The second-order valence-electron chi connectivity index (χ2n) is 6.31. The van der Waals surface area contributed by atoms with Crippen LogP contribution < -0.4 is 10.6 Å². The summed E-state index contributed by atoms with van der Waals surface area (Å²) < 4.78 is 7.04. The van der Waals surface area contributed by atoms with Crippen LogP contribution in [-0.2, 0) is 11.3 Å². The van der Waals surface area contributed by atoms with Gasteiger partial charge in [-0.3, -0.25) is 9.72 Å². The van der Waals surface area contributed by atoms with Gasteiger partial charge in [0, 0.05) is 24.2 Å². The first kappa shape index (κ1) is 20.4. The van der Waals surface area contributed by atoms with E-state index >= 15 is 0 Å². The number of benzene rings is 1. The van der Waals surface area contributed by atoms with E-state index in [0.29, 0.717) is 18.3 Å². The van der Waals surface area contributed by atoms with Gasteiger partial charge in [-0.15, -0.1) is 0 Å².